The molecule has 2 atom stereocenters. The third kappa shape index (κ3) is 7.02. The topological polar surface area (TPSA) is 98.8 Å². The lowest BCUT2D eigenvalue weighted by Gasteiger charge is -2.24. The third-order valence-electron chi connectivity index (χ3n) is 8.73. The van der Waals surface area contributed by atoms with Gasteiger partial charge in [0, 0.05) is 48.4 Å². The van der Waals surface area contributed by atoms with Gasteiger partial charge in [-0.1, -0.05) is 11.8 Å². The zero-order valence-electron chi connectivity index (χ0n) is 23.9. The van der Waals surface area contributed by atoms with Gasteiger partial charge in [0.25, 0.3) is 0 Å². The maximum Gasteiger partial charge on any atom is 0.247 e. The molecule has 8 heteroatoms. The van der Waals surface area contributed by atoms with E-state index in [0.29, 0.717) is 62.0 Å². The molecule has 2 saturated carbocycles. The fraction of sp³-hybridized carbons (Fsp3) is 0.471. The summed E-state index contributed by atoms with van der Waals surface area (Å²) in [6, 6.07) is 14.0. The Morgan fingerprint density at radius 3 is 1.33 bits per heavy atom. The van der Waals surface area contributed by atoms with E-state index in [1.807, 2.05) is 48.5 Å². The van der Waals surface area contributed by atoms with Crippen LogP contribution < -0.4 is 10.6 Å². The van der Waals surface area contributed by atoms with Gasteiger partial charge in [0.15, 0.2) is 0 Å². The maximum atomic E-state index is 12.9. The van der Waals surface area contributed by atoms with Crippen molar-refractivity contribution in [1.29, 1.82) is 0 Å². The van der Waals surface area contributed by atoms with Crippen LogP contribution in [-0.4, -0.2) is 58.6 Å². The number of likely N-dealkylation sites (tertiary alicyclic amines) is 2. The van der Waals surface area contributed by atoms with Crippen LogP contribution in [-0.2, 0) is 19.2 Å². The Morgan fingerprint density at radius 2 is 0.976 bits per heavy atom. The molecule has 0 radical (unpaired) electrons. The van der Waals surface area contributed by atoms with Gasteiger partial charge in [-0.25, -0.2) is 0 Å². The summed E-state index contributed by atoms with van der Waals surface area (Å²) in [5.41, 5.74) is 2.98. The van der Waals surface area contributed by atoms with Gasteiger partial charge in [-0.05, 0) is 112 Å². The number of amides is 4. The van der Waals surface area contributed by atoms with Crippen LogP contribution in [0.4, 0.5) is 11.4 Å². The largest absolute Gasteiger partial charge is 0.331 e. The number of rotatable bonds is 8. The second-order valence-corrected chi connectivity index (χ2v) is 12.2. The zero-order chi connectivity index (χ0) is 29.1. The molecule has 2 aromatic carbocycles. The van der Waals surface area contributed by atoms with Gasteiger partial charge < -0.3 is 20.4 Å². The SMILES string of the molecule is O=C(Nc1ccc(C#Cc2ccc(NC(=O)[C@@H]3CCCN3C(=O)CC3CC3)cc2)cc1)[C@H]1CCCN1C(=O)CC1CC1. The van der Waals surface area contributed by atoms with Crippen LogP contribution in [0.1, 0.15) is 75.3 Å². The summed E-state index contributed by atoms with van der Waals surface area (Å²) in [5, 5.41) is 5.93. The molecule has 6 rings (SSSR count). The minimum absolute atomic E-state index is 0.104. The molecule has 2 aliphatic heterocycles. The Hall–Kier alpha value is -4.12. The molecule has 42 heavy (non-hydrogen) atoms. The number of anilines is 2. The van der Waals surface area contributed by atoms with E-state index in [-0.39, 0.29) is 23.6 Å². The van der Waals surface area contributed by atoms with Crippen LogP contribution in [0.2, 0.25) is 0 Å². The maximum absolute atomic E-state index is 12.9. The number of hydrogen-bond donors (Lipinski definition) is 2. The number of benzene rings is 2. The molecule has 2 aromatic rings. The third-order valence-corrected chi connectivity index (χ3v) is 8.73. The van der Waals surface area contributed by atoms with Crippen LogP contribution in [0.25, 0.3) is 0 Å². The molecule has 0 spiro atoms. The van der Waals surface area contributed by atoms with E-state index in [4.69, 9.17) is 0 Å². The Kier molecular flexibility index (Phi) is 8.27. The Balaban J connectivity index is 0.996. The van der Waals surface area contributed by atoms with Gasteiger partial charge in [0.2, 0.25) is 23.6 Å². The Morgan fingerprint density at radius 1 is 0.595 bits per heavy atom. The van der Waals surface area contributed by atoms with Crippen LogP contribution in [0.15, 0.2) is 48.5 Å². The van der Waals surface area contributed by atoms with E-state index >= 15 is 0 Å². The minimum atomic E-state index is -0.393. The van der Waals surface area contributed by atoms with Crippen molar-refractivity contribution in [2.24, 2.45) is 11.8 Å². The lowest BCUT2D eigenvalue weighted by atomic mass is 10.1. The van der Waals surface area contributed by atoms with E-state index in [1.54, 1.807) is 9.80 Å². The van der Waals surface area contributed by atoms with Crippen LogP contribution in [0, 0.1) is 23.7 Å². The summed E-state index contributed by atoms with van der Waals surface area (Å²) < 4.78 is 0. The summed E-state index contributed by atoms with van der Waals surface area (Å²) >= 11 is 0. The van der Waals surface area contributed by atoms with Gasteiger partial charge >= 0.3 is 0 Å². The van der Waals surface area contributed by atoms with Gasteiger partial charge in [-0.3, -0.25) is 19.2 Å². The van der Waals surface area contributed by atoms with Crippen molar-refractivity contribution in [3.05, 3.63) is 59.7 Å². The highest BCUT2D eigenvalue weighted by Crippen LogP contribution is 2.35. The number of hydrogen-bond acceptors (Lipinski definition) is 4. The second kappa shape index (κ2) is 12.4. The summed E-state index contributed by atoms with van der Waals surface area (Å²) in [6.07, 6.45) is 8.75. The standard InChI is InChI=1S/C34H38N4O4/c39-31(21-25-7-8-25)37-19-1-3-29(37)33(41)35-27-15-11-23(12-16-27)5-6-24-13-17-28(18-14-24)36-34(42)30-4-2-20-38(30)32(40)22-26-9-10-26/h11-18,25-26,29-30H,1-4,7-10,19-22H2,(H,35,41)(H,36,42)/t29-,30+. The Bertz CT molecular complexity index is 1290. The fourth-order valence-electron chi connectivity index (χ4n) is 5.92. The van der Waals surface area contributed by atoms with Crippen molar-refractivity contribution >= 4 is 35.0 Å². The molecular weight excluding hydrogens is 528 g/mol. The number of nitrogens with one attached hydrogen (secondary N) is 2. The smallest absolute Gasteiger partial charge is 0.247 e. The van der Waals surface area contributed by atoms with Crippen molar-refractivity contribution in [3.8, 4) is 11.8 Å². The fourth-order valence-corrected chi connectivity index (χ4v) is 5.92. The van der Waals surface area contributed by atoms with Crippen LogP contribution in [0.3, 0.4) is 0 Å². The summed E-state index contributed by atoms with van der Waals surface area (Å²) in [4.78, 5) is 54.5. The molecule has 218 valence electrons. The van der Waals surface area contributed by atoms with Crippen molar-refractivity contribution in [1.82, 2.24) is 9.80 Å². The van der Waals surface area contributed by atoms with Crippen LogP contribution in [0.5, 0.6) is 0 Å². The van der Waals surface area contributed by atoms with E-state index in [1.165, 1.54) is 0 Å². The highest BCUT2D eigenvalue weighted by Gasteiger charge is 2.37. The number of nitrogens with zero attached hydrogens (tertiary/aromatic N) is 2. The second-order valence-electron chi connectivity index (χ2n) is 12.2. The minimum Gasteiger partial charge on any atom is -0.331 e. The van der Waals surface area contributed by atoms with Crippen molar-refractivity contribution in [3.63, 3.8) is 0 Å². The first-order valence-corrected chi connectivity index (χ1v) is 15.4. The predicted octanol–water partition coefficient (Wildman–Crippen LogP) is 4.55. The molecule has 2 aliphatic carbocycles. The monoisotopic (exact) mass is 566 g/mol. The van der Waals surface area contributed by atoms with Gasteiger partial charge in [0.1, 0.15) is 12.1 Å². The van der Waals surface area contributed by atoms with E-state index in [0.717, 1.165) is 49.7 Å². The van der Waals surface area contributed by atoms with Gasteiger partial charge in [0.05, 0.1) is 0 Å². The number of carbonyl (C=O) groups is 4. The molecular formula is C34H38N4O4. The van der Waals surface area contributed by atoms with Crippen molar-refractivity contribution < 1.29 is 19.2 Å². The molecule has 0 aromatic heterocycles. The highest BCUT2D eigenvalue weighted by atomic mass is 16.2. The molecule has 2 saturated heterocycles. The first-order chi connectivity index (χ1) is 20.4. The van der Waals surface area contributed by atoms with E-state index in [9.17, 15) is 19.2 Å². The first-order valence-electron chi connectivity index (χ1n) is 15.4. The molecule has 4 amide bonds. The Labute approximate surface area is 247 Å². The quantitative estimate of drug-likeness (QED) is 0.458. The molecule has 4 fully saturated rings. The summed E-state index contributed by atoms with van der Waals surface area (Å²) in [7, 11) is 0. The molecule has 0 unspecified atom stereocenters. The molecule has 4 aliphatic rings. The normalized spacial score (nSPS) is 21.4. The van der Waals surface area contributed by atoms with E-state index < -0.39 is 12.1 Å². The average molecular weight is 567 g/mol. The first kappa shape index (κ1) is 28.0. The highest BCUT2D eigenvalue weighted by molar-refractivity contribution is 5.98. The van der Waals surface area contributed by atoms with E-state index in [2.05, 4.69) is 22.5 Å². The number of carbonyl (C=O) groups excluding carboxylic acids is 4. The van der Waals surface area contributed by atoms with Gasteiger partial charge in [-0.15, -0.1) is 0 Å². The van der Waals surface area contributed by atoms with Crippen molar-refractivity contribution in [2.45, 2.75) is 76.3 Å². The average Bonchev–Trinajstić information content (AvgIpc) is 3.87. The van der Waals surface area contributed by atoms with Crippen molar-refractivity contribution in [2.75, 3.05) is 23.7 Å². The molecule has 8 nitrogen and oxygen atoms in total. The molecule has 2 N–H and O–H groups in total. The summed E-state index contributed by atoms with van der Waals surface area (Å²) in [5.74, 6) is 7.25. The van der Waals surface area contributed by atoms with Crippen LogP contribution >= 0.6 is 0 Å². The lowest BCUT2D eigenvalue weighted by Crippen LogP contribution is -2.43. The molecule has 0 bridgehead atoms. The summed E-state index contributed by atoms with van der Waals surface area (Å²) in [6.45, 7) is 1.32. The predicted molar refractivity (Wildman–Crippen MR) is 160 cm³/mol. The van der Waals surface area contributed by atoms with Gasteiger partial charge in [-0.2, -0.15) is 0 Å². The zero-order valence-corrected chi connectivity index (χ0v) is 23.9. The lowest BCUT2D eigenvalue weighted by molar-refractivity contribution is -0.137. The molecule has 2 heterocycles.